The maximum absolute atomic E-state index is 12.6. The van der Waals surface area contributed by atoms with Crippen LogP contribution < -0.4 is 21.1 Å². The summed E-state index contributed by atoms with van der Waals surface area (Å²) in [4.78, 5) is 31.0. The van der Waals surface area contributed by atoms with Gasteiger partial charge in [-0.05, 0) is 36.6 Å². The quantitative estimate of drug-likeness (QED) is 0.764. The SMILES string of the molecule is NCc1cc(N2COc3cc(C(=O)N4CCCC4)[nH]c32)ccc1C(N)=O. The number of H-pyrrole nitrogens is 1. The number of amides is 2. The highest BCUT2D eigenvalue weighted by atomic mass is 16.5. The van der Waals surface area contributed by atoms with Gasteiger partial charge >= 0.3 is 0 Å². The van der Waals surface area contributed by atoms with Crippen molar-refractivity contribution in [1.82, 2.24) is 9.88 Å². The van der Waals surface area contributed by atoms with Gasteiger partial charge in [-0.25, -0.2) is 0 Å². The number of hydrogen-bond acceptors (Lipinski definition) is 5. The van der Waals surface area contributed by atoms with Gasteiger partial charge in [-0.15, -0.1) is 0 Å². The minimum atomic E-state index is -0.506. The van der Waals surface area contributed by atoms with Crippen molar-refractivity contribution in [1.29, 1.82) is 0 Å². The molecule has 5 N–H and O–H groups in total. The number of aromatic nitrogens is 1. The zero-order chi connectivity index (χ0) is 18.3. The third-order valence-corrected chi connectivity index (χ3v) is 4.89. The second-order valence-electron chi connectivity index (χ2n) is 6.51. The molecular weight excluding hydrogens is 334 g/mol. The number of ether oxygens (including phenoxy) is 1. The van der Waals surface area contributed by atoms with E-state index in [4.69, 9.17) is 16.2 Å². The summed E-state index contributed by atoms with van der Waals surface area (Å²) in [7, 11) is 0. The Labute approximate surface area is 150 Å². The maximum Gasteiger partial charge on any atom is 0.270 e. The Morgan fingerprint density at radius 1 is 1.19 bits per heavy atom. The standard InChI is InChI=1S/C18H21N5O3/c19-9-11-7-12(3-4-13(11)16(20)24)23-10-26-15-8-14(21-17(15)23)18(25)22-5-1-2-6-22/h3-4,7-8,21H,1-2,5-6,9-10,19H2,(H2,20,24). The minimum absolute atomic E-state index is 0.00725. The van der Waals surface area contributed by atoms with Crippen molar-refractivity contribution in [2.45, 2.75) is 19.4 Å². The predicted octanol–water partition coefficient (Wildman–Crippen LogP) is 1.30. The summed E-state index contributed by atoms with van der Waals surface area (Å²) in [6, 6.07) is 7.02. The Morgan fingerprint density at radius 2 is 1.96 bits per heavy atom. The molecule has 4 rings (SSSR count). The van der Waals surface area contributed by atoms with Gasteiger partial charge in [0.2, 0.25) is 5.91 Å². The largest absolute Gasteiger partial charge is 0.469 e. The molecular formula is C18H21N5O3. The third kappa shape index (κ3) is 2.68. The molecule has 8 heteroatoms. The summed E-state index contributed by atoms with van der Waals surface area (Å²) in [5, 5.41) is 0. The van der Waals surface area contributed by atoms with Gasteiger partial charge in [0.05, 0.1) is 0 Å². The van der Waals surface area contributed by atoms with Crippen LogP contribution in [-0.4, -0.2) is 41.5 Å². The third-order valence-electron chi connectivity index (χ3n) is 4.89. The molecule has 0 radical (unpaired) electrons. The van der Waals surface area contributed by atoms with Crippen molar-refractivity contribution in [2.75, 3.05) is 24.7 Å². The molecule has 2 aliphatic heterocycles. The number of nitrogens with one attached hydrogen (secondary N) is 1. The number of fused-ring (bicyclic) bond motifs is 1. The number of primary amides is 1. The summed E-state index contributed by atoms with van der Waals surface area (Å²) >= 11 is 0. The first-order valence-electron chi connectivity index (χ1n) is 8.64. The topological polar surface area (TPSA) is 118 Å². The van der Waals surface area contributed by atoms with E-state index in [9.17, 15) is 9.59 Å². The van der Waals surface area contributed by atoms with Crippen molar-refractivity contribution in [3.63, 3.8) is 0 Å². The molecule has 8 nitrogen and oxygen atoms in total. The van der Waals surface area contributed by atoms with E-state index in [0.717, 1.165) is 37.4 Å². The van der Waals surface area contributed by atoms with Crippen molar-refractivity contribution >= 4 is 23.3 Å². The van der Waals surface area contributed by atoms with E-state index < -0.39 is 5.91 Å². The number of anilines is 2. The monoisotopic (exact) mass is 355 g/mol. The molecule has 1 saturated heterocycles. The zero-order valence-electron chi connectivity index (χ0n) is 14.3. The fraction of sp³-hybridized carbons (Fsp3) is 0.333. The summed E-state index contributed by atoms with van der Waals surface area (Å²) < 4.78 is 5.71. The van der Waals surface area contributed by atoms with Crippen LogP contribution in [0.15, 0.2) is 24.3 Å². The highest BCUT2D eigenvalue weighted by molar-refractivity contribution is 5.96. The second kappa shape index (κ2) is 6.38. The number of benzene rings is 1. The van der Waals surface area contributed by atoms with Gasteiger partial charge in [-0.3, -0.25) is 14.5 Å². The van der Waals surface area contributed by atoms with Crippen LogP contribution in [0.25, 0.3) is 0 Å². The Kier molecular flexibility index (Phi) is 4.04. The van der Waals surface area contributed by atoms with Gasteiger partial charge in [0.15, 0.2) is 18.3 Å². The lowest BCUT2D eigenvalue weighted by molar-refractivity contribution is 0.0787. The lowest BCUT2D eigenvalue weighted by Crippen LogP contribution is -2.28. The summed E-state index contributed by atoms with van der Waals surface area (Å²) in [6.07, 6.45) is 2.09. The molecule has 26 heavy (non-hydrogen) atoms. The summed E-state index contributed by atoms with van der Waals surface area (Å²) in [5.74, 6) is 0.851. The molecule has 1 aromatic heterocycles. The molecule has 0 bridgehead atoms. The highest BCUT2D eigenvalue weighted by Gasteiger charge is 2.29. The molecule has 0 unspecified atom stereocenters. The number of hydrogen-bond donors (Lipinski definition) is 3. The molecule has 2 aliphatic rings. The van der Waals surface area contributed by atoms with Crippen molar-refractivity contribution < 1.29 is 14.3 Å². The Bertz CT molecular complexity index is 870. The van der Waals surface area contributed by atoms with Crippen molar-refractivity contribution in [3.05, 3.63) is 41.1 Å². The molecule has 0 spiro atoms. The molecule has 136 valence electrons. The Hall–Kier alpha value is -3.00. The molecule has 2 aromatic rings. The second-order valence-corrected chi connectivity index (χ2v) is 6.51. The van der Waals surface area contributed by atoms with Gasteiger partial charge < -0.3 is 26.1 Å². The van der Waals surface area contributed by atoms with E-state index in [0.29, 0.717) is 29.3 Å². The van der Waals surface area contributed by atoms with Crippen LogP contribution in [0, 0.1) is 0 Å². The first kappa shape index (κ1) is 16.5. The van der Waals surface area contributed by atoms with Crippen LogP contribution in [0.4, 0.5) is 11.5 Å². The highest BCUT2D eigenvalue weighted by Crippen LogP contribution is 2.39. The van der Waals surface area contributed by atoms with E-state index in [-0.39, 0.29) is 12.5 Å². The zero-order valence-corrected chi connectivity index (χ0v) is 14.3. The average molecular weight is 355 g/mol. The maximum atomic E-state index is 12.6. The number of carbonyl (C=O) groups is 2. The van der Waals surface area contributed by atoms with E-state index in [2.05, 4.69) is 4.98 Å². The smallest absolute Gasteiger partial charge is 0.270 e. The molecule has 1 aromatic carbocycles. The van der Waals surface area contributed by atoms with Gasteiger partial charge in [-0.1, -0.05) is 0 Å². The van der Waals surface area contributed by atoms with Crippen LogP contribution in [0.5, 0.6) is 5.75 Å². The van der Waals surface area contributed by atoms with Gasteiger partial charge in [0.1, 0.15) is 5.69 Å². The van der Waals surface area contributed by atoms with E-state index in [1.807, 2.05) is 15.9 Å². The predicted molar refractivity (Wildman–Crippen MR) is 96.4 cm³/mol. The summed E-state index contributed by atoms with van der Waals surface area (Å²) in [6.45, 7) is 2.11. The number of carbonyl (C=O) groups excluding carboxylic acids is 2. The normalized spacial score (nSPS) is 15.9. The first-order valence-corrected chi connectivity index (χ1v) is 8.64. The Morgan fingerprint density at radius 3 is 2.65 bits per heavy atom. The molecule has 2 amide bonds. The Balaban J connectivity index is 1.63. The molecule has 0 atom stereocenters. The first-order chi connectivity index (χ1) is 12.6. The molecule has 3 heterocycles. The van der Waals surface area contributed by atoms with Crippen molar-refractivity contribution in [2.24, 2.45) is 11.5 Å². The number of nitrogens with zero attached hydrogens (tertiary/aromatic N) is 2. The van der Waals surface area contributed by atoms with Gasteiger partial charge in [0, 0.05) is 37.0 Å². The lowest BCUT2D eigenvalue weighted by Gasteiger charge is -2.18. The van der Waals surface area contributed by atoms with Gasteiger partial charge in [0.25, 0.3) is 5.91 Å². The van der Waals surface area contributed by atoms with Crippen LogP contribution in [-0.2, 0) is 6.54 Å². The van der Waals surface area contributed by atoms with Crippen LogP contribution in [0.2, 0.25) is 0 Å². The van der Waals surface area contributed by atoms with E-state index in [1.54, 1.807) is 18.2 Å². The molecule has 1 fully saturated rings. The molecule has 0 aliphatic carbocycles. The fourth-order valence-electron chi connectivity index (χ4n) is 3.50. The van der Waals surface area contributed by atoms with Crippen LogP contribution >= 0.6 is 0 Å². The minimum Gasteiger partial charge on any atom is -0.469 e. The van der Waals surface area contributed by atoms with E-state index in [1.165, 1.54) is 0 Å². The number of likely N-dealkylation sites (tertiary alicyclic amines) is 1. The van der Waals surface area contributed by atoms with Gasteiger partial charge in [-0.2, -0.15) is 0 Å². The number of rotatable bonds is 4. The van der Waals surface area contributed by atoms with E-state index >= 15 is 0 Å². The van der Waals surface area contributed by atoms with Crippen LogP contribution in [0.3, 0.4) is 0 Å². The van der Waals surface area contributed by atoms with Crippen LogP contribution in [0.1, 0.15) is 39.3 Å². The number of aromatic amines is 1. The summed E-state index contributed by atoms with van der Waals surface area (Å²) in [5.41, 5.74) is 13.6. The molecule has 0 saturated carbocycles. The number of nitrogens with two attached hydrogens (primary N) is 2. The van der Waals surface area contributed by atoms with Crippen molar-refractivity contribution in [3.8, 4) is 5.75 Å². The lowest BCUT2D eigenvalue weighted by atomic mass is 10.1. The fourth-order valence-corrected chi connectivity index (χ4v) is 3.50. The average Bonchev–Trinajstić information content (AvgIpc) is 3.36.